The second-order valence-corrected chi connectivity index (χ2v) is 11.7. The van der Waals surface area contributed by atoms with E-state index in [2.05, 4.69) is 158 Å². The number of benzene rings is 8. The third kappa shape index (κ3) is 6.25. The van der Waals surface area contributed by atoms with Gasteiger partial charge in [-0.05, 0) is 102 Å². The summed E-state index contributed by atoms with van der Waals surface area (Å²) >= 11 is 0. The van der Waals surface area contributed by atoms with Crippen LogP contribution in [-0.2, 0) is 0 Å². The van der Waals surface area contributed by atoms with Gasteiger partial charge in [0.25, 0.3) is 0 Å². The highest BCUT2D eigenvalue weighted by atomic mass is 16.6. The first-order valence-corrected chi connectivity index (χ1v) is 15.9. The molecule has 2 nitrogen and oxygen atoms in total. The van der Waals surface area contributed by atoms with Gasteiger partial charge in [-0.3, -0.25) is 0 Å². The minimum atomic E-state index is 0.138. The van der Waals surface area contributed by atoms with Crippen molar-refractivity contribution in [3.63, 3.8) is 0 Å². The molecule has 8 rings (SSSR count). The van der Waals surface area contributed by atoms with Crippen molar-refractivity contribution < 1.29 is 9.31 Å². The van der Waals surface area contributed by atoms with Crippen LogP contribution in [0.2, 0.25) is 0 Å². The highest BCUT2D eigenvalue weighted by molar-refractivity contribution is 6.20. The van der Waals surface area contributed by atoms with Crippen molar-refractivity contribution in [2.45, 2.75) is 0 Å². The van der Waals surface area contributed by atoms with Gasteiger partial charge in [-0.2, -0.15) is 0 Å². The smallest absolute Gasteiger partial charge is 0.529 e. The molecule has 3 heteroatoms. The number of fused-ring (bicyclic) bond motifs is 2. The number of rotatable bonds is 8. The molecule has 222 valence electrons. The van der Waals surface area contributed by atoms with E-state index < -0.39 is 0 Å². The Morgan fingerprint density at radius 3 is 0.894 bits per heavy atom. The third-order valence-electron chi connectivity index (χ3n) is 8.76. The molecule has 0 N–H and O–H groups in total. The SMILES string of the molecule is B(Oc1ccc(-c2ccc(-c3ccc4ccccc4c3)cc2)cc1)Oc1ccc(-c2ccc(-c3ccc4ccccc4c3)cc2)cc1. The van der Waals surface area contributed by atoms with Crippen LogP contribution in [0.5, 0.6) is 11.5 Å². The zero-order valence-corrected chi connectivity index (χ0v) is 25.8. The van der Waals surface area contributed by atoms with Crippen LogP contribution >= 0.6 is 0 Å². The molecule has 0 heterocycles. The van der Waals surface area contributed by atoms with E-state index in [0.29, 0.717) is 0 Å². The van der Waals surface area contributed by atoms with Gasteiger partial charge >= 0.3 is 7.69 Å². The highest BCUT2D eigenvalue weighted by Crippen LogP contribution is 2.30. The fourth-order valence-electron chi connectivity index (χ4n) is 6.10. The molecule has 0 spiro atoms. The van der Waals surface area contributed by atoms with Gasteiger partial charge in [0.2, 0.25) is 0 Å². The Balaban J connectivity index is 0.856. The zero-order chi connectivity index (χ0) is 31.4. The molecular weight excluding hydrogens is 571 g/mol. The molecule has 0 aliphatic heterocycles. The lowest BCUT2D eigenvalue weighted by atomic mass is 9.98. The van der Waals surface area contributed by atoms with Gasteiger partial charge in [0.05, 0.1) is 0 Å². The first-order chi connectivity index (χ1) is 23.2. The summed E-state index contributed by atoms with van der Waals surface area (Å²) in [4.78, 5) is 0. The van der Waals surface area contributed by atoms with Crippen molar-refractivity contribution in [3.8, 4) is 56.0 Å². The molecule has 0 aliphatic rings. The molecule has 0 aliphatic carbocycles. The van der Waals surface area contributed by atoms with Gasteiger partial charge in [-0.25, -0.2) is 0 Å². The summed E-state index contributed by atoms with van der Waals surface area (Å²) in [5.41, 5.74) is 9.48. The molecular formula is C44H31BO2. The van der Waals surface area contributed by atoms with Crippen LogP contribution in [0.15, 0.2) is 182 Å². The maximum Gasteiger partial charge on any atom is 0.576 e. The summed E-state index contributed by atoms with van der Waals surface area (Å²) in [7, 11) is 0.138. The summed E-state index contributed by atoms with van der Waals surface area (Å²) in [6.07, 6.45) is 0. The molecule has 0 unspecified atom stereocenters. The first kappa shape index (κ1) is 28.4. The second kappa shape index (κ2) is 12.7. The quantitative estimate of drug-likeness (QED) is 0.161. The average molecular weight is 603 g/mol. The van der Waals surface area contributed by atoms with E-state index in [0.717, 1.165) is 22.6 Å². The Morgan fingerprint density at radius 2 is 0.532 bits per heavy atom. The summed E-state index contributed by atoms with van der Waals surface area (Å²) < 4.78 is 11.8. The molecule has 8 aromatic carbocycles. The van der Waals surface area contributed by atoms with Gasteiger partial charge in [0.1, 0.15) is 11.5 Å². The lowest BCUT2D eigenvalue weighted by Gasteiger charge is -2.10. The standard InChI is InChI=1S/C44H31BO2/c1-3-7-39-29-41(19-17-31(39)5-1)37-13-9-33(10-14-37)35-21-25-43(26-22-35)46-45-47-44-27-23-36(24-28-44)34-11-15-38(16-12-34)42-20-18-32-6-2-4-8-40(32)30-42/h1-30,45H. The van der Waals surface area contributed by atoms with Gasteiger partial charge < -0.3 is 9.31 Å². The Hall–Kier alpha value is -6.06. The predicted molar refractivity (Wildman–Crippen MR) is 198 cm³/mol. The number of hydrogen-bond donors (Lipinski definition) is 0. The Kier molecular flexibility index (Phi) is 7.71. The topological polar surface area (TPSA) is 18.5 Å². The van der Waals surface area contributed by atoms with E-state index in [9.17, 15) is 0 Å². The van der Waals surface area contributed by atoms with Gasteiger partial charge in [0.15, 0.2) is 0 Å². The zero-order valence-electron chi connectivity index (χ0n) is 25.8. The van der Waals surface area contributed by atoms with E-state index in [1.54, 1.807) is 0 Å². The van der Waals surface area contributed by atoms with E-state index in [4.69, 9.17) is 9.31 Å². The predicted octanol–water partition coefficient (Wildman–Crippen LogP) is 11.4. The van der Waals surface area contributed by atoms with Crippen LogP contribution < -0.4 is 9.31 Å². The molecule has 0 amide bonds. The Morgan fingerprint density at radius 1 is 0.255 bits per heavy atom. The van der Waals surface area contributed by atoms with E-state index in [1.807, 2.05) is 24.3 Å². The van der Waals surface area contributed by atoms with Crippen molar-refractivity contribution >= 4 is 29.2 Å². The van der Waals surface area contributed by atoms with Gasteiger partial charge in [-0.1, -0.05) is 146 Å². The maximum atomic E-state index is 5.89. The van der Waals surface area contributed by atoms with Crippen molar-refractivity contribution in [2.24, 2.45) is 0 Å². The summed E-state index contributed by atoms with van der Waals surface area (Å²) in [5, 5.41) is 5.02. The molecule has 8 aromatic rings. The van der Waals surface area contributed by atoms with Crippen LogP contribution in [0.25, 0.3) is 66.1 Å². The average Bonchev–Trinajstić information content (AvgIpc) is 3.15. The molecule has 0 fully saturated rings. The van der Waals surface area contributed by atoms with E-state index >= 15 is 0 Å². The van der Waals surface area contributed by atoms with Crippen molar-refractivity contribution in [2.75, 3.05) is 0 Å². The lowest BCUT2D eigenvalue weighted by molar-refractivity contribution is 0.459. The maximum absolute atomic E-state index is 5.89. The summed E-state index contributed by atoms with van der Waals surface area (Å²) in [6, 6.07) is 63.9. The normalized spacial score (nSPS) is 11.0. The number of hydrogen-bond acceptors (Lipinski definition) is 2. The van der Waals surface area contributed by atoms with Gasteiger partial charge in [-0.15, -0.1) is 0 Å². The van der Waals surface area contributed by atoms with Crippen molar-refractivity contribution in [1.82, 2.24) is 0 Å². The largest absolute Gasteiger partial charge is 0.576 e. The highest BCUT2D eigenvalue weighted by Gasteiger charge is 2.06. The first-order valence-electron chi connectivity index (χ1n) is 15.9. The molecule has 0 radical (unpaired) electrons. The monoisotopic (exact) mass is 602 g/mol. The van der Waals surface area contributed by atoms with Crippen LogP contribution in [0.1, 0.15) is 0 Å². The molecule has 0 saturated heterocycles. The molecule has 0 saturated carbocycles. The van der Waals surface area contributed by atoms with E-state index in [1.165, 1.54) is 54.9 Å². The minimum absolute atomic E-state index is 0.138. The Labute approximate surface area is 275 Å². The molecule has 0 aromatic heterocycles. The van der Waals surface area contributed by atoms with Crippen molar-refractivity contribution in [1.29, 1.82) is 0 Å². The van der Waals surface area contributed by atoms with Crippen LogP contribution in [0.3, 0.4) is 0 Å². The third-order valence-corrected chi connectivity index (χ3v) is 8.76. The molecule has 47 heavy (non-hydrogen) atoms. The lowest BCUT2D eigenvalue weighted by Crippen LogP contribution is -2.10. The summed E-state index contributed by atoms with van der Waals surface area (Å²) in [5.74, 6) is 1.54. The Bertz CT molecular complexity index is 2120. The van der Waals surface area contributed by atoms with Crippen LogP contribution in [0.4, 0.5) is 0 Å². The minimum Gasteiger partial charge on any atom is -0.529 e. The van der Waals surface area contributed by atoms with Crippen LogP contribution in [0, 0.1) is 0 Å². The van der Waals surface area contributed by atoms with E-state index in [-0.39, 0.29) is 7.69 Å². The van der Waals surface area contributed by atoms with Crippen LogP contribution in [-0.4, -0.2) is 7.69 Å². The second-order valence-electron chi connectivity index (χ2n) is 11.7. The fraction of sp³-hybridized carbons (Fsp3) is 0. The molecule has 0 atom stereocenters. The fourth-order valence-corrected chi connectivity index (χ4v) is 6.10. The summed E-state index contributed by atoms with van der Waals surface area (Å²) in [6.45, 7) is 0. The molecule has 0 bridgehead atoms. The van der Waals surface area contributed by atoms with Crippen molar-refractivity contribution in [3.05, 3.63) is 182 Å². The van der Waals surface area contributed by atoms with Gasteiger partial charge in [0, 0.05) is 0 Å².